The van der Waals surface area contributed by atoms with Gasteiger partial charge in [0.2, 0.25) is 0 Å². The van der Waals surface area contributed by atoms with E-state index >= 15 is 0 Å². The first-order chi connectivity index (χ1) is 16.4. The molecule has 34 heavy (non-hydrogen) atoms. The lowest BCUT2D eigenvalue weighted by Crippen LogP contribution is -2.16. The van der Waals surface area contributed by atoms with E-state index in [-0.39, 0.29) is 12.0 Å². The number of amides is 1. The lowest BCUT2D eigenvalue weighted by molar-refractivity contribution is 0.0379. The number of hydrogen-bond donors (Lipinski definition) is 1. The molecule has 0 atom stereocenters. The van der Waals surface area contributed by atoms with E-state index in [4.69, 9.17) is 19.2 Å². The van der Waals surface area contributed by atoms with Crippen LogP contribution in [0.3, 0.4) is 0 Å². The molecule has 4 aromatic rings. The van der Waals surface area contributed by atoms with Gasteiger partial charge in [-0.25, -0.2) is 9.78 Å². The summed E-state index contributed by atoms with van der Waals surface area (Å²) < 4.78 is 16.2. The number of carbonyl (C=O) groups is 2. The lowest BCUT2D eigenvalue weighted by atomic mass is 10.0. The zero-order valence-electron chi connectivity index (χ0n) is 19.2. The predicted octanol–water partition coefficient (Wildman–Crippen LogP) is 5.80. The third kappa shape index (κ3) is 4.72. The summed E-state index contributed by atoms with van der Waals surface area (Å²) in [6.07, 6.45) is -0.263. The van der Waals surface area contributed by atoms with Gasteiger partial charge < -0.3 is 19.5 Å². The molecular formula is C26H24N2O5S. The minimum absolute atomic E-state index is 0.263. The van der Waals surface area contributed by atoms with Crippen molar-refractivity contribution < 1.29 is 23.8 Å². The molecular weight excluding hydrogens is 452 g/mol. The van der Waals surface area contributed by atoms with Gasteiger partial charge in [0.25, 0.3) is 5.91 Å². The van der Waals surface area contributed by atoms with Crippen molar-refractivity contribution in [3.05, 3.63) is 71.1 Å². The van der Waals surface area contributed by atoms with E-state index in [1.807, 2.05) is 30.3 Å². The molecule has 1 amide bonds. The molecule has 1 N–H and O–H groups in total. The summed E-state index contributed by atoms with van der Waals surface area (Å²) in [5, 5.41) is 5.73. The summed E-state index contributed by atoms with van der Waals surface area (Å²) in [6.45, 7) is 3.56. The van der Waals surface area contributed by atoms with E-state index in [1.165, 1.54) is 11.3 Å². The number of thiophene rings is 1. The maximum absolute atomic E-state index is 13.4. The summed E-state index contributed by atoms with van der Waals surface area (Å²) in [7, 11) is 3.16. The Morgan fingerprint density at radius 1 is 0.971 bits per heavy atom. The number of nitrogens with one attached hydrogen (secondary N) is 1. The van der Waals surface area contributed by atoms with Crippen molar-refractivity contribution in [1.29, 1.82) is 0 Å². The molecule has 0 aliphatic rings. The number of esters is 1. The minimum Gasteiger partial charge on any atom is -0.497 e. The van der Waals surface area contributed by atoms with Gasteiger partial charge in [0, 0.05) is 10.9 Å². The largest absolute Gasteiger partial charge is 0.497 e. The standard InChI is InChI=1S/C26H24N2O5S/c1-15(2)33-26(30)18-11-12-34-25(18)28-24(29)19-14-22(27-21-8-6-5-7-17(19)21)20-13-16(31-3)9-10-23(20)32-4/h5-15H,1-4H3,(H,28,29). The first-order valence-corrected chi connectivity index (χ1v) is 11.5. The van der Waals surface area contributed by atoms with Crippen molar-refractivity contribution in [3.63, 3.8) is 0 Å². The first-order valence-electron chi connectivity index (χ1n) is 10.6. The maximum Gasteiger partial charge on any atom is 0.341 e. The Labute approximate surface area is 201 Å². The molecule has 0 spiro atoms. The Bertz CT molecular complexity index is 1360. The zero-order valence-corrected chi connectivity index (χ0v) is 20.1. The number of pyridine rings is 1. The zero-order chi connectivity index (χ0) is 24.2. The van der Waals surface area contributed by atoms with Gasteiger partial charge in [0.1, 0.15) is 16.5 Å². The van der Waals surface area contributed by atoms with Gasteiger partial charge in [-0.1, -0.05) is 18.2 Å². The van der Waals surface area contributed by atoms with Gasteiger partial charge in [0.05, 0.1) is 42.7 Å². The smallest absolute Gasteiger partial charge is 0.341 e. The molecule has 2 aromatic heterocycles. The molecule has 8 heteroatoms. The highest BCUT2D eigenvalue weighted by Gasteiger charge is 2.21. The van der Waals surface area contributed by atoms with Gasteiger partial charge in [0.15, 0.2) is 0 Å². The van der Waals surface area contributed by atoms with Gasteiger partial charge in [-0.15, -0.1) is 11.3 Å². The Kier molecular flexibility index (Phi) is 6.79. The Balaban J connectivity index is 1.78. The summed E-state index contributed by atoms with van der Waals surface area (Å²) in [5.41, 5.74) is 2.65. The summed E-state index contributed by atoms with van der Waals surface area (Å²) in [6, 6.07) is 16.2. The SMILES string of the molecule is COc1ccc(OC)c(-c2cc(C(=O)Nc3sccc3C(=O)OC(C)C)c3ccccc3n2)c1. The lowest BCUT2D eigenvalue weighted by Gasteiger charge is -2.14. The molecule has 0 saturated carbocycles. The number of para-hydroxylation sites is 1. The maximum atomic E-state index is 13.4. The van der Waals surface area contributed by atoms with E-state index in [1.54, 1.807) is 57.7 Å². The number of rotatable bonds is 7. The minimum atomic E-state index is -0.479. The number of methoxy groups -OCH3 is 2. The Morgan fingerprint density at radius 3 is 2.50 bits per heavy atom. The van der Waals surface area contributed by atoms with Crippen LogP contribution in [0.2, 0.25) is 0 Å². The molecule has 0 bridgehead atoms. The molecule has 0 unspecified atom stereocenters. The number of carbonyl (C=O) groups excluding carboxylic acids is 2. The molecule has 2 heterocycles. The van der Waals surface area contributed by atoms with Gasteiger partial charge in [-0.05, 0) is 55.6 Å². The van der Waals surface area contributed by atoms with Crippen LogP contribution < -0.4 is 14.8 Å². The Hall–Kier alpha value is -3.91. The van der Waals surface area contributed by atoms with Crippen LogP contribution in [0.5, 0.6) is 11.5 Å². The van der Waals surface area contributed by atoms with E-state index in [9.17, 15) is 9.59 Å². The molecule has 0 fully saturated rings. The Morgan fingerprint density at radius 2 is 1.76 bits per heavy atom. The van der Waals surface area contributed by atoms with Crippen molar-refractivity contribution in [3.8, 4) is 22.8 Å². The van der Waals surface area contributed by atoms with Crippen LogP contribution in [0.4, 0.5) is 5.00 Å². The fourth-order valence-corrected chi connectivity index (χ4v) is 4.30. The molecule has 0 aliphatic heterocycles. The third-order valence-corrected chi connectivity index (χ3v) is 5.93. The fourth-order valence-electron chi connectivity index (χ4n) is 3.53. The average Bonchev–Trinajstić information content (AvgIpc) is 3.30. The first kappa shape index (κ1) is 23.3. The monoisotopic (exact) mass is 476 g/mol. The third-order valence-electron chi connectivity index (χ3n) is 5.10. The van der Waals surface area contributed by atoms with Crippen LogP contribution in [0, 0.1) is 0 Å². The molecule has 0 radical (unpaired) electrons. The number of aromatic nitrogens is 1. The van der Waals surface area contributed by atoms with E-state index in [0.29, 0.717) is 49.8 Å². The molecule has 0 aliphatic carbocycles. The average molecular weight is 477 g/mol. The quantitative estimate of drug-likeness (QED) is 0.339. The summed E-state index contributed by atoms with van der Waals surface area (Å²) in [5.74, 6) is 0.409. The van der Waals surface area contributed by atoms with Gasteiger partial charge in [-0.2, -0.15) is 0 Å². The molecule has 174 valence electrons. The topological polar surface area (TPSA) is 86.8 Å². The van der Waals surface area contributed by atoms with Crippen molar-refractivity contribution >= 4 is 39.1 Å². The van der Waals surface area contributed by atoms with Crippen molar-refractivity contribution in [2.24, 2.45) is 0 Å². The van der Waals surface area contributed by atoms with Crippen LogP contribution in [-0.4, -0.2) is 37.2 Å². The second-order valence-corrected chi connectivity index (χ2v) is 8.63. The summed E-state index contributed by atoms with van der Waals surface area (Å²) >= 11 is 1.26. The van der Waals surface area contributed by atoms with E-state index in [2.05, 4.69) is 5.32 Å². The van der Waals surface area contributed by atoms with Gasteiger partial charge in [-0.3, -0.25) is 4.79 Å². The molecule has 2 aromatic carbocycles. The van der Waals surface area contributed by atoms with Crippen LogP contribution in [-0.2, 0) is 4.74 Å². The highest BCUT2D eigenvalue weighted by Crippen LogP contribution is 2.35. The normalized spacial score (nSPS) is 10.9. The number of hydrogen-bond acceptors (Lipinski definition) is 7. The van der Waals surface area contributed by atoms with E-state index in [0.717, 1.165) is 0 Å². The number of benzene rings is 2. The van der Waals surface area contributed by atoms with Gasteiger partial charge >= 0.3 is 5.97 Å². The van der Waals surface area contributed by atoms with E-state index < -0.39 is 5.97 Å². The summed E-state index contributed by atoms with van der Waals surface area (Å²) in [4.78, 5) is 30.6. The second-order valence-electron chi connectivity index (χ2n) is 7.71. The molecule has 0 saturated heterocycles. The van der Waals surface area contributed by atoms with Crippen LogP contribution in [0.25, 0.3) is 22.2 Å². The number of nitrogens with zero attached hydrogens (tertiary/aromatic N) is 1. The molecule has 4 rings (SSSR count). The second kappa shape index (κ2) is 9.93. The van der Waals surface area contributed by atoms with Crippen molar-refractivity contribution in [2.75, 3.05) is 19.5 Å². The van der Waals surface area contributed by atoms with Crippen LogP contribution in [0.1, 0.15) is 34.6 Å². The predicted molar refractivity (Wildman–Crippen MR) is 133 cm³/mol. The number of fused-ring (bicyclic) bond motifs is 1. The number of ether oxygens (including phenoxy) is 3. The van der Waals surface area contributed by atoms with Crippen molar-refractivity contribution in [1.82, 2.24) is 4.98 Å². The molecule has 7 nitrogen and oxygen atoms in total. The highest BCUT2D eigenvalue weighted by atomic mass is 32.1. The van der Waals surface area contributed by atoms with Crippen LogP contribution in [0.15, 0.2) is 60.0 Å². The highest BCUT2D eigenvalue weighted by molar-refractivity contribution is 7.14. The van der Waals surface area contributed by atoms with Crippen molar-refractivity contribution in [2.45, 2.75) is 20.0 Å². The van der Waals surface area contributed by atoms with Crippen LogP contribution >= 0.6 is 11.3 Å². The number of anilines is 1. The fraction of sp³-hybridized carbons (Fsp3) is 0.192.